The van der Waals surface area contributed by atoms with Crippen LogP contribution in [0.15, 0.2) is 6.20 Å². The monoisotopic (exact) mass is 229 g/mol. The van der Waals surface area contributed by atoms with Gasteiger partial charge in [0.25, 0.3) is 0 Å². The number of anilines is 2. The third-order valence-electron chi connectivity index (χ3n) is 1.72. The zero-order chi connectivity index (χ0) is 11.1. The van der Waals surface area contributed by atoms with E-state index in [1.165, 1.54) is 11.3 Å². The van der Waals surface area contributed by atoms with Gasteiger partial charge in [0.1, 0.15) is 5.00 Å². The van der Waals surface area contributed by atoms with Crippen molar-refractivity contribution in [1.82, 2.24) is 4.98 Å². The molecule has 0 saturated heterocycles. The van der Waals surface area contributed by atoms with Gasteiger partial charge in [-0.2, -0.15) is 0 Å². The number of nitrogen functional groups attached to an aromatic ring is 1. The van der Waals surface area contributed by atoms with E-state index in [0.717, 1.165) is 36.3 Å². The van der Waals surface area contributed by atoms with Crippen molar-refractivity contribution in [3.63, 3.8) is 0 Å². The van der Waals surface area contributed by atoms with Crippen LogP contribution in [0.2, 0.25) is 0 Å². The number of thiazole rings is 1. The minimum absolute atomic E-state index is 0.608. The molecule has 0 unspecified atom stereocenters. The maximum Gasteiger partial charge on any atom is 0.184 e. The first-order valence-electron chi connectivity index (χ1n) is 5.21. The second kappa shape index (κ2) is 6.63. The van der Waals surface area contributed by atoms with Crippen molar-refractivity contribution in [2.45, 2.75) is 20.3 Å². The molecule has 3 N–H and O–H groups in total. The Labute approximate surface area is 94.8 Å². The van der Waals surface area contributed by atoms with Gasteiger partial charge in [-0.25, -0.2) is 4.98 Å². The Morgan fingerprint density at radius 2 is 2.40 bits per heavy atom. The molecule has 0 aliphatic carbocycles. The lowest BCUT2D eigenvalue weighted by molar-refractivity contribution is 0.110. The number of nitrogens with two attached hydrogens (primary N) is 1. The van der Waals surface area contributed by atoms with Crippen LogP contribution in [-0.4, -0.2) is 24.7 Å². The lowest BCUT2D eigenvalue weighted by Gasteiger charge is -2.06. The first-order chi connectivity index (χ1) is 7.18. The molecule has 4 nitrogen and oxygen atoms in total. The Kier molecular flexibility index (Phi) is 5.42. The second-order valence-electron chi connectivity index (χ2n) is 3.82. The fraction of sp³-hybridized carbons (Fsp3) is 0.700. The van der Waals surface area contributed by atoms with Crippen molar-refractivity contribution in [2.24, 2.45) is 5.92 Å². The largest absolute Gasteiger partial charge is 0.389 e. The highest BCUT2D eigenvalue weighted by Gasteiger charge is 1.97. The van der Waals surface area contributed by atoms with Crippen molar-refractivity contribution in [1.29, 1.82) is 0 Å². The number of aromatic nitrogens is 1. The van der Waals surface area contributed by atoms with E-state index in [2.05, 4.69) is 24.1 Å². The number of ether oxygens (including phenoxy) is 1. The van der Waals surface area contributed by atoms with Gasteiger partial charge in [-0.15, -0.1) is 0 Å². The summed E-state index contributed by atoms with van der Waals surface area (Å²) in [5, 5.41) is 4.83. The molecule has 0 spiro atoms. The number of nitrogens with one attached hydrogen (secondary N) is 1. The molecule has 0 aliphatic heterocycles. The minimum atomic E-state index is 0.608. The summed E-state index contributed by atoms with van der Waals surface area (Å²) in [5.74, 6) is 0.608. The topological polar surface area (TPSA) is 60.2 Å². The molecule has 0 saturated carbocycles. The van der Waals surface area contributed by atoms with Gasteiger partial charge in [0.2, 0.25) is 0 Å². The van der Waals surface area contributed by atoms with Gasteiger partial charge in [0.05, 0.1) is 6.20 Å². The first kappa shape index (κ1) is 12.3. The molecule has 0 atom stereocenters. The molecule has 15 heavy (non-hydrogen) atoms. The summed E-state index contributed by atoms with van der Waals surface area (Å²) in [6.45, 7) is 6.81. The molecule has 0 fully saturated rings. The van der Waals surface area contributed by atoms with E-state index in [4.69, 9.17) is 10.5 Å². The molecule has 0 bridgehead atoms. The van der Waals surface area contributed by atoms with Crippen molar-refractivity contribution >= 4 is 21.5 Å². The van der Waals surface area contributed by atoms with E-state index < -0.39 is 0 Å². The van der Waals surface area contributed by atoms with Crippen molar-refractivity contribution in [3.05, 3.63) is 6.20 Å². The van der Waals surface area contributed by atoms with Gasteiger partial charge in [-0.3, -0.25) is 0 Å². The van der Waals surface area contributed by atoms with Crippen molar-refractivity contribution in [2.75, 3.05) is 30.8 Å². The molecular formula is C10H19N3OS. The maximum atomic E-state index is 5.56. The van der Waals surface area contributed by atoms with E-state index in [9.17, 15) is 0 Å². The molecule has 1 rings (SSSR count). The van der Waals surface area contributed by atoms with E-state index >= 15 is 0 Å². The third kappa shape index (κ3) is 5.59. The fourth-order valence-electron chi connectivity index (χ4n) is 1.06. The van der Waals surface area contributed by atoms with Gasteiger partial charge in [0.15, 0.2) is 5.13 Å². The van der Waals surface area contributed by atoms with Crippen LogP contribution in [0.4, 0.5) is 10.1 Å². The van der Waals surface area contributed by atoms with Crippen LogP contribution >= 0.6 is 11.3 Å². The molecule has 0 aromatic carbocycles. The average Bonchev–Trinajstić information content (AvgIpc) is 2.57. The van der Waals surface area contributed by atoms with Crippen LogP contribution in [-0.2, 0) is 4.74 Å². The number of rotatable bonds is 7. The Morgan fingerprint density at radius 1 is 1.60 bits per heavy atom. The summed E-state index contributed by atoms with van der Waals surface area (Å²) in [5.41, 5.74) is 5.56. The Hall–Kier alpha value is -0.810. The highest BCUT2D eigenvalue weighted by molar-refractivity contribution is 7.19. The highest BCUT2D eigenvalue weighted by atomic mass is 32.1. The summed E-state index contributed by atoms with van der Waals surface area (Å²) in [4.78, 5) is 4.10. The van der Waals surface area contributed by atoms with Gasteiger partial charge in [-0.1, -0.05) is 25.2 Å². The number of nitrogens with zero attached hydrogens (tertiary/aromatic N) is 1. The summed E-state index contributed by atoms with van der Waals surface area (Å²) < 4.78 is 5.46. The summed E-state index contributed by atoms with van der Waals surface area (Å²) in [6, 6.07) is 0. The molecule has 86 valence electrons. The lowest BCUT2D eigenvalue weighted by Crippen LogP contribution is -2.08. The zero-order valence-electron chi connectivity index (χ0n) is 9.32. The predicted molar refractivity (Wildman–Crippen MR) is 65.3 cm³/mol. The van der Waals surface area contributed by atoms with Crippen LogP contribution in [0.5, 0.6) is 0 Å². The number of hydrogen-bond donors (Lipinski definition) is 2. The van der Waals surface area contributed by atoms with Crippen LogP contribution in [0.1, 0.15) is 20.3 Å². The van der Waals surface area contributed by atoms with Gasteiger partial charge >= 0.3 is 0 Å². The molecule has 1 heterocycles. The van der Waals surface area contributed by atoms with Gasteiger partial charge in [0, 0.05) is 19.8 Å². The molecule has 0 radical (unpaired) electrons. The highest BCUT2D eigenvalue weighted by Crippen LogP contribution is 2.18. The standard InChI is InChI=1S/C10H19N3OS/c1-8(2)7-14-5-3-4-12-10-13-6-9(11)15-10/h6,8H,3-5,7,11H2,1-2H3,(H,12,13). The fourth-order valence-corrected chi connectivity index (χ4v) is 1.67. The molecule has 1 aromatic heterocycles. The SMILES string of the molecule is CC(C)COCCCNc1ncc(N)s1. The van der Waals surface area contributed by atoms with E-state index in [1.807, 2.05) is 0 Å². The van der Waals surface area contributed by atoms with Gasteiger partial charge in [-0.05, 0) is 12.3 Å². The van der Waals surface area contributed by atoms with E-state index in [1.54, 1.807) is 6.20 Å². The second-order valence-corrected chi connectivity index (χ2v) is 4.88. The van der Waals surface area contributed by atoms with E-state index in [-0.39, 0.29) is 0 Å². The quantitative estimate of drug-likeness (QED) is 0.704. The van der Waals surface area contributed by atoms with Crippen LogP contribution < -0.4 is 11.1 Å². The Bertz CT molecular complexity index is 275. The molecule has 0 aliphatic rings. The van der Waals surface area contributed by atoms with Crippen molar-refractivity contribution in [3.8, 4) is 0 Å². The summed E-state index contributed by atoms with van der Waals surface area (Å²) in [7, 11) is 0. The summed E-state index contributed by atoms with van der Waals surface area (Å²) in [6.07, 6.45) is 2.66. The predicted octanol–water partition coefficient (Wildman–Crippen LogP) is 2.20. The Morgan fingerprint density at radius 3 is 3.00 bits per heavy atom. The lowest BCUT2D eigenvalue weighted by atomic mass is 10.2. The van der Waals surface area contributed by atoms with E-state index in [0.29, 0.717) is 5.92 Å². The minimum Gasteiger partial charge on any atom is -0.389 e. The average molecular weight is 229 g/mol. The summed E-state index contributed by atoms with van der Waals surface area (Å²) >= 11 is 1.47. The zero-order valence-corrected chi connectivity index (χ0v) is 10.1. The van der Waals surface area contributed by atoms with Crippen molar-refractivity contribution < 1.29 is 4.74 Å². The Balaban J connectivity index is 1.98. The molecular weight excluding hydrogens is 210 g/mol. The normalized spacial score (nSPS) is 10.9. The number of hydrogen-bond acceptors (Lipinski definition) is 5. The maximum absolute atomic E-state index is 5.56. The van der Waals surface area contributed by atoms with Gasteiger partial charge < -0.3 is 15.8 Å². The molecule has 1 aromatic rings. The third-order valence-corrected chi connectivity index (χ3v) is 2.50. The first-order valence-corrected chi connectivity index (χ1v) is 6.03. The van der Waals surface area contributed by atoms with Crippen LogP contribution in [0, 0.1) is 5.92 Å². The molecule has 5 heteroatoms. The van der Waals surface area contributed by atoms with Crippen LogP contribution in [0.3, 0.4) is 0 Å². The molecule has 0 amide bonds. The van der Waals surface area contributed by atoms with Crippen LogP contribution in [0.25, 0.3) is 0 Å². The smallest absolute Gasteiger partial charge is 0.184 e.